The average molecular weight is 416 g/mol. The van der Waals surface area contributed by atoms with Crippen molar-refractivity contribution in [2.45, 2.75) is 6.42 Å². The fraction of sp³-hybridized carbons (Fsp3) is 0.211. The Morgan fingerprint density at radius 3 is 2.54 bits per heavy atom. The maximum atomic E-state index is 12.5. The van der Waals surface area contributed by atoms with Gasteiger partial charge in [0.15, 0.2) is 0 Å². The fourth-order valence-corrected chi connectivity index (χ4v) is 3.26. The molecule has 7 heteroatoms. The van der Waals surface area contributed by atoms with Crippen LogP contribution < -0.4 is 15.5 Å². The minimum absolute atomic E-state index is 0.0711. The summed E-state index contributed by atoms with van der Waals surface area (Å²) in [4.78, 5) is 38.0. The highest BCUT2D eigenvalue weighted by Gasteiger charge is 2.35. The van der Waals surface area contributed by atoms with Crippen LogP contribution in [0.4, 0.5) is 11.4 Å². The first-order chi connectivity index (χ1) is 12.5. The highest BCUT2D eigenvalue weighted by Crippen LogP contribution is 2.28. The molecule has 26 heavy (non-hydrogen) atoms. The molecule has 1 aliphatic heterocycles. The van der Waals surface area contributed by atoms with Crippen LogP contribution in [0.25, 0.3) is 0 Å². The maximum absolute atomic E-state index is 12.5. The van der Waals surface area contributed by atoms with E-state index in [1.165, 1.54) is 0 Å². The number of nitrogens with zero attached hydrogens (tertiary/aromatic N) is 1. The summed E-state index contributed by atoms with van der Waals surface area (Å²) in [5.41, 5.74) is 1.88. The lowest BCUT2D eigenvalue weighted by atomic mass is 10.1. The van der Waals surface area contributed by atoms with E-state index in [9.17, 15) is 14.4 Å². The first kappa shape index (κ1) is 18.1. The quantitative estimate of drug-likeness (QED) is 0.805. The van der Waals surface area contributed by atoms with E-state index in [0.29, 0.717) is 17.8 Å². The van der Waals surface area contributed by atoms with Crippen LogP contribution in [0.15, 0.2) is 53.0 Å². The standard InChI is InChI=1S/C19H18BrN3O3/c1-21-18(25)12-5-7-15(8-6-12)22-19(26)13-9-17(24)23(11-13)16-4-2-3-14(20)10-16/h2-8,10,13H,9,11H2,1H3,(H,21,25)(H,22,26)/t13-/m0/s1. The van der Waals surface area contributed by atoms with Crippen molar-refractivity contribution in [3.05, 3.63) is 58.6 Å². The van der Waals surface area contributed by atoms with Crippen molar-refractivity contribution in [3.8, 4) is 0 Å². The summed E-state index contributed by atoms with van der Waals surface area (Å²) in [6.45, 7) is 0.345. The molecule has 0 spiro atoms. The smallest absolute Gasteiger partial charge is 0.251 e. The zero-order valence-electron chi connectivity index (χ0n) is 14.2. The highest BCUT2D eigenvalue weighted by molar-refractivity contribution is 9.10. The molecule has 0 aromatic heterocycles. The highest BCUT2D eigenvalue weighted by atomic mass is 79.9. The van der Waals surface area contributed by atoms with Crippen molar-refractivity contribution >= 4 is 45.0 Å². The van der Waals surface area contributed by atoms with Crippen molar-refractivity contribution in [1.82, 2.24) is 5.32 Å². The third-order valence-corrected chi connectivity index (χ3v) is 4.75. The summed E-state index contributed by atoms with van der Waals surface area (Å²) in [5, 5.41) is 5.36. The number of amides is 3. The largest absolute Gasteiger partial charge is 0.355 e. The normalized spacial score (nSPS) is 16.5. The Bertz CT molecular complexity index is 851. The molecule has 1 atom stereocenters. The molecule has 2 aromatic carbocycles. The van der Waals surface area contributed by atoms with Crippen LogP contribution in [0, 0.1) is 5.92 Å². The van der Waals surface area contributed by atoms with Gasteiger partial charge in [0.05, 0.1) is 5.92 Å². The number of carbonyl (C=O) groups excluding carboxylic acids is 3. The third-order valence-electron chi connectivity index (χ3n) is 4.26. The van der Waals surface area contributed by atoms with Gasteiger partial charge in [-0.05, 0) is 42.5 Å². The Morgan fingerprint density at radius 1 is 1.15 bits per heavy atom. The van der Waals surface area contributed by atoms with E-state index in [1.807, 2.05) is 24.3 Å². The second kappa shape index (κ2) is 7.70. The van der Waals surface area contributed by atoms with Gasteiger partial charge in [-0.3, -0.25) is 14.4 Å². The molecular formula is C19H18BrN3O3. The Balaban J connectivity index is 1.65. The van der Waals surface area contributed by atoms with Crippen LogP contribution in [0.3, 0.4) is 0 Å². The zero-order valence-corrected chi connectivity index (χ0v) is 15.7. The number of hydrogen-bond donors (Lipinski definition) is 2. The van der Waals surface area contributed by atoms with Gasteiger partial charge in [0, 0.05) is 41.4 Å². The summed E-state index contributed by atoms with van der Waals surface area (Å²) in [5.74, 6) is -0.879. The summed E-state index contributed by atoms with van der Waals surface area (Å²) >= 11 is 3.39. The van der Waals surface area contributed by atoms with Gasteiger partial charge >= 0.3 is 0 Å². The van der Waals surface area contributed by atoms with E-state index in [-0.39, 0.29) is 24.1 Å². The molecule has 0 bridgehead atoms. The Morgan fingerprint density at radius 2 is 1.88 bits per heavy atom. The Labute approximate surface area is 159 Å². The van der Waals surface area contributed by atoms with Gasteiger partial charge < -0.3 is 15.5 Å². The number of hydrogen-bond acceptors (Lipinski definition) is 3. The van der Waals surface area contributed by atoms with E-state index in [1.54, 1.807) is 36.2 Å². The number of halogens is 1. The predicted molar refractivity (Wildman–Crippen MR) is 103 cm³/mol. The molecule has 1 fully saturated rings. The van der Waals surface area contributed by atoms with Gasteiger partial charge in [0.25, 0.3) is 5.91 Å². The lowest BCUT2D eigenvalue weighted by molar-refractivity contribution is -0.122. The number of anilines is 2. The van der Waals surface area contributed by atoms with Crippen LogP contribution in [0.1, 0.15) is 16.8 Å². The maximum Gasteiger partial charge on any atom is 0.251 e. The van der Waals surface area contributed by atoms with Crippen molar-refractivity contribution < 1.29 is 14.4 Å². The molecular weight excluding hydrogens is 398 g/mol. The summed E-state index contributed by atoms with van der Waals surface area (Å²) < 4.78 is 0.881. The van der Waals surface area contributed by atoms with Crippen LogP contribution in [-0.4, -0.2) is 31.3 Å². The number of nitrogens with one attached hydrogen (secondary N) is 2. The summed E-state index contributed by atoms with van der Waals surface area (Å²) in [6, 6.07) is 14.1. The molecule has 0 saturated carbocycles. The third kappa shape index (κ3) is 3.94. The molecule has 134 valence electrons. The Kier molecular flexibility index (Phi) is 5.37. The molecule has 0 unspecified atom stereocenters. The molecule has 0 radical (unpaired) electrons. The monoisotopic (exact) mass is 415 g/mol. The molecule has 0 aliphatic carbocycles. The van der Waals surface area contributed by atoms with Crippen molar-refractivity contribution in [2.75, 3.05) is 23.8 Å². The predicted octanol–water partition coefficient (Wildman–Crippen LogP) is 2.80. The van der Waals surface area contributed by atoms with Crippen LogP contribution in [0.5, 0.6) is 0 Å². The van der Waals surface area contributed by atoms with Crippen molar-refractivity contribution in [1.29, 1.82) is 0 Å². The van der Waals surface area contributed by atoms with E-state index < -0.39 is 5.92 Å². The topological polar surface area (TPSA) is 78.5 Å². The molecule has 2 aromatic rings. The molecule has 2 N–H and O–H groups in total. The summed E-state index contributed by atoms with van der Waals surface area (Å²) in [6.07, 6.45) is 0.175. The fourth-order valence-electron chi connectivity index (χ4n) is 2.87. The molecule has 1 saturated heterocycles. The lowest BCUT2D eigenvalue weighted by Crippen LogP contribution is -2.28. The molecule has 6 nitrogen and oxygen atoms in total. The number of carbonyl (C=O) groups is 3. The van der Waals surface area contributed by atoms with Crippen molar-refractivity contribution in [2.24, 2.45) is 5.92 Å². The van der Waals surface area contributed by atoms with Crippen molar-refractivity contribution in [3.63, 3.8) is 0 Å². The van der Waals surface area contributed by atoms with Gasteiger partial charge in [0.2, 0.25) is 11.8 Å². The van der Waals surface area contributed by atoms with Gasteiger partial charge in [0.1, 0.15) is 0 Å². The second-order valence-corrected chi connectivity index (χ2v) is 6.95. The Hall–Kier alpha value is -2.67. The zero-order chi connectivity index (χ0) is 18.7. The summed E-state index contributed by atoms with van der Waals surface area (Å²) in [7, 11) is 1.56. The van der Waals surface area contributed by atoms with Crippen LogP contribution in [0.2, 0.25) is 0 Å². The minimum atomic E-state index is -0.417. The van der Waals surface area contributed by atoms with Gasteiger partial charge in [-0.25, -0.2) is 0 Å². The SMILES string of the molecule is CNC(=O)c1ccc(NC(=O)[C@H]2CC(=O)N(c3cccc(Br)c3)C2)cc1. The van der Waals surface area contributed by atoms with Gasteiger partial charge in [-0.1, -0.05) is 22.0 Å². The second-order valence-electron chi connectivity index (χ2n) is 6.03. The molecule has 3 rings (SSSR count). The molecule has 1 heterocycles. The first-order valence-electron chi connectivity index (χ1n) is 8.17. The average Bonchev–Trinajstić information content (AvgIpc) is 3.03. The number of rotatable bonds is 4. The van der Waals surface area contributed by atoms with Crippen LogP contribution >= 0.6 is 15.9 Å². The van der Waals surface area contributed by atoms with E-state index in [0.717, 1.165) is 10.2 Å². The number of benzene rings is 2. The van der Waals surface area contributed by atoms with Gasteiger partial charge in [-0.2, -0.15) is 0 Å². The molecule has 3 amide bonds. The van der Waals surface area contributed by atoms with Crippen LogP contribution in [-0.2, 0) is 9.59 Å². The first-order valence-corrected chi connectivity index (χ1v) is 8.96. The lowest BCUT2D eigenvalue weighted by Gasteiger charge is -2.17. The van der Waals surface area contributed by atoms with Gasteiger partial charge in [-0.15, -0.1) is 0 Å². The van der Waals surface area contributed by atoms with E-state index in [2.05, 4.69) is 26.6 Å². The minimum Gasteiger partial charge on any atom is -0.355 e. The van der Waals surface area contributed by atoms with E-state index >= 15 is 0 Å². The van der Waals surface area contributed by atoms with E-state index in [4.69, 9.17) is 0 Å². The molecule has 1 aliphatic rings.